The van der Waals surface area contributed by atoms with Crippen molar-refractivity contribution < 1.29 is 34.4 Å². The molecular formula is C80H161NO7S. The fraction of sp³-hybridized carbons (Fsp3) is 0.800. The van der Waals surface area contributed by atoms with Crippen LogP contribution in [0.25, 0.3) is 0 Å². The Bertz CT molecular complexity index is 1760. The summed E-state index contributed by atoms with van der Waals surface area (Å²) in [6.07, 6.45) is 22.2. The Balaban J connectivity index is -0.000000112. The molecular weight excluding hydrogens is 1120 g/mol. The van der Waals surface area contributed by atoms with Crippen molar-refractivity contribution in [3.8, 4) is 0 Å². The van der Waals surface area contributed by atoms with E-state index in [9.17, 15) is 24.6 Å². The normalized spacial score (nSPS) is 13.9. The van der Waals surface area contributed by atoms with E-state index in [1.807, 2.05) is 96.1 Å². The van der Waals surface area contributed by atoms with Gasteiger partial charge in [-0.2, -0.15) is 0 Å². The number of hydrogen-bond donors (Lipinski definition) is 3. The molecule has 0 saturated carbocycles. The summed E-state index contributed by atoms with van der Waals surface area (Å²) in [6.45, 7) is 73.0. The lowest BCUT2D eigenvalue weighted by Gasteiger charge is -2.36. The molecule has 6 unspecified atom stereocenters. The van der Waals surface area contributed by atoms with Crippen LogP contribution in [0.2, 0.25) is 0 Å². The number of ketones is 2. The highest BCUT2D eigenvalue weighted by molar-refractivity contribution is 7.81. The van der Waals surface area contributed by atoms with Crippen molar-refractivity contribution >= 4 is 34.9 Å². The van der Waals surface area contributed by atoms with Gasteiger partial charge in [0.05, 0.1) is 16.6 Å². The second kappa shape index (κ2) is 74.2. The van der Waals surface area contributed by atoms with Gasteiger partial charge in [0.1, 0.15) is 23.6 Å². The third-order valence-corrected chi connectivity index (χ3v) is 16.2. The molecule has 1 aromatic carbocycles. The monoisotopic (exact) mass is 1280 g/mol. The minimum Gasteiger partial charge on any atom is -0.508 e. The number of allylic oxidation sites excluding steroid dienone is 3. The molecule has 89 heavy (non-hydrogen) atoms. The van der Waals surface area contributed by atoms with Crippen molar-refractivity contribution in [2.24, 2.45) is 53.3 Å². The zero-order chi connectivity index (χ0) is 72.6. The summed E-state index contributed by atoms with van der Waals surface area (Å²) in [4.78, 5) is 36.5. The van der Waals surface area contributed by atoms with E-state index in [2.05, 4.69) is 161 Å². The Morgan fingerprint density at radius 2 is 1.29 bits per heavy atom. The maximum absolute atomic E-state index is 11.3. The summed E-state index contributed by atoms with van der Waals surface area (Å²) in [5, 5.41) is 27.5. The number of nitrogens with zero attached hydrogens (tertiary/aromatic N) is 1. The van der Waals surface area contributed by atoms with Crippen LogP contribution in [0.5, 0.6) is 0 Å². The van der Waals surface area contributed by atoms with Crippen LogP contribution in [-0.4, -0.2) is 88.5 Å². The maximum atomic E-state index is 11.3. The SMILES string of the molecule is C=C(O)/C(=C/C)C(=S)c1cc(CCCC)cc(CCC)c1C.C=CC(C)CC(C)CC(C)C.CC.CC.CC.CC.CC.CCC(CC=O)C(C)[C@@H](C)N(C)C[C@H](C)CC(C)(O)CCCC(C)C(C)=O.CCCC(=O)C[C@H](C)C(C)C.CC[C@@H](C)OC.CO. The van der Waals surface area contributed by atoms with Crippen LogP contribution in [0, 0.1) is 60.2 Å². The van der Waals surface area contributed by atoms with Crippen molar-refractivity contribution in [3.63, 3.8) is 0 Å². The number of benzene rings is 1. The average molecular weight is 1280 g/mol. The Kier molecular flexibility index (Phi) is 89.9. The van der Waals surface area contributed by atoms with Gasteiger partial charge in [0.2, 0.25) is 0 Å². The molecule has 0 bridgehead atoms. The number of aliphatic hydroxyl groups excluding tert-OH is 2. The van der Waals surface area contributed by atoms with Crippen molar-refractivity contribution in [1.82, 2.24) is 4.90 Å². The van der Waals surface area contributed by atoms with Crippen LogP contribution in [0.4, 0.5) is 0 Å². The topological polar surface area (TPSA) is 124 Å². The molecule has 10 atom stereocenters. The van der Waals surface area contributed by atoms with Crippen molar-refractivity contribution in [2.75, 3.05) is 27.8 Å². The molecule has 8 nitrogen and oxygen atoms in total. The number of unbranched alkanes of at least 4 members (excludes halogenated alkanes) is 1. The molecule has 534 valence electrons. The summed E-state index contributed by atoms with van der Waals surface area (Å²) in [7, 11) is 4.88. The van der Waals surface area contributed by atoms with Crippen LogP contribution >= 0.6 is 12.2 Å². The Morgan fingerprint density at radius 3 is 1.65 bits per heavy atom. The van der Waals surface area contributed by atoms with Gasteiger partial charge in [-0.15, -0.1) is 6.58 Å². The number of aldehydes is 1. The third-order valence-electron chi connectivity index (χ3n) is 15.8. The lowest BCUT2D eigenvalue weighted by Crippen LogP contribution is -2.41. The Labute approximate surface area is 565 Å². The largest absolute Gasteiger partial charge is 0.508 e. The molecule has 0 aromatic heterocycles. The summed E-state index contributed by atoms with van der Waals surface area (Å²) in [5.41, 5.74) is 4.98. The summed E-state index contributed by atoms with van der Waals surface area (Å²) in [6, 6.07) is 4.92. The highest BCUT2D eigenvalue weighted by atomic mass is 32.1. The molecule has 0 aliphatic rings. The van der Waals surface area contributed by atoms with Gasteiger partial charge in [-0.3, -0.25) is 9.59 Å². The van der Waals surface area contributed by atoms with E-state index < -0.39 is 5.60 Å². The van der Waals surface area contributed by atoms with Crippen LogP contribution < -0.4 is 0 Å². The number of aliphatic hydroxyl groups is 3. The fourth-order valence-corrected chi connectivity index (χ4v) is 10.2. The predicted octanol–water partition coefficient (Wildman–Crippen LogP) is 23.8. The number of hydrogen-bond acceptors (Lipinski definition) is 9. The van der Waals surface area contributed by atoms with Crippen molar-refractivity contribution in [2.45, 2.75) is 342 Å². The quantitative estimate of drug-likeness (QED) is 0.0116. The summed E-state index contributed by atoms with van der Waals surface area (Å²) in [5.74, 6) is 5.62. The minimum absolute atomic E-state index is 0.0444. The first-order valence-corrected chi connectivity index (χ1v) is 36.5. The molecule has 0 spiro atoms. The molecule has 0 heterocycles. The molecule has 0 aliphatic carbocycles. The fourth-order valence-electron chi connectivity index (χ4n) is 9.72. The molecule has 3 N–H and O–H groups in total. The molecule has 0 aliphatic heterocycles. The molecule has 0 saturated heterocycles. The number of carbonyl (C=O) groups excluding carboxylic acids is 3. The van der Waals surface area contributed by atoms with Crippen molar-refractivity contribution in [1.29, 1.82) is 0 Å². The van der Waals surface area contributed by atoms with E-state index in [1.54, 1.807) is 14.0 Å². The second-order valence-electron chi connectivity index (χ2n) is 24.4. The maximum Gasteiger partial charge on any atom is 0.133 e. The number of thiocarbonyl (C=S) groups is 1. The lowest BCUT2D eigenvalue weighted by molar-refractivity contribution is -0.121. The standard InChI is InChI=1S/C23H45NO3.C20H28OS.C11H22.C10H20O.C5H12O.5C2H6.CH4O/c1-9-22(12-14-25)19(4)20(5)24(8)16-17(2)15-23(7,27)13-10-11-18(3)21(6)26;1-6-9-11-16-12-17(10-7-2)14(4)19(13-16)20(22)18(8-3)15(5)21;1-6-10(4)8-11(5)7-9(2)3;1-5-6-10(11)7-9(4)8(2)3;1-4-5(2)6-3;6*1-2/h14,17-20,22,27H,9-13,15-16H2,1-8H3;8,12-13,21H,5-7,9-11H2,1-4H3;6,9-11H,1,7-8H2,2-5H3;8-9H,5-7H2,1-4H3;5H,4H2,1-3H3;5*1-2H3;2H,1H3/b;18-8-;;;;;;;;;/t17-,18?,19?,20-,22?,23?;;;9-;5-;;;;;;/m1..01....../s1. The second-order valence-corrected chi connectivity index (χ2v) is 24.8. The van der Waals surface area contributed by atoms with E-state index >= 15 is 0 Å². The van der Waals surface area contributed by atoms with E-state index in [0.29, 0.717) is 70.3 Å². The minimum atomic E-state index is -0.685. The first kappa shape index (κ1) is 108. The third kappa shape index (κ3) is 63.7. The zero-order valence-electron chi connectivity index (χ0n) is 66.2. The van der Waals surface area contributed by atoms with Gasteiger partial charge in [-0.05, 0) is 189 Å². The molecule has 0 fully saturated rings. The first-order valence-electron chi connectivity index (χ1n) is 36.0. The molecule has 9 heteroatoms. The first-order chi connectivity index (χ1) is 41.8. The van der Waals surface area contributed by atoms with Gasteiger partial charge in [-0.1, -0.05) is 235 Å². The van der Waals surface area contributed by atoms with Crippen LogP contribution in [0.15, 0.2) is 48.8 Å². The summed E-state index contributed by atoms with van der Waals surface area (Å²) < 4.78 is 4.90. The van der Waals surface area contributed by atoms with Gasteiger partial charge < -0.3 is 29.8 Å². The molecule has 0 amide bonds. The summed E-state index contributed by atoms with van der Waals surface area (Å²) >= 11 is 5.63. The number of aryl methyl sites for hydroxylation is 2. The van der Waals surface area contributed by atoms with Gasteiger partial charge >= 0.3 is 0 Å². The Morgan fingerprint density at radius 1 is 0.775 bits per heavy atom. The van der Waals surface area contributed by atoms with Gasteiger partial charge in [0.15, 0.2) is 0 Å². The number of rotatable bonds is 35. The Hall–Kier alpha value is -2.82. The van der Waals surface area contributed by atoms with E-state index in [0.717, 1.165) is 114 Å². The molecule has 1 aromatic rings. The highest BCUT2D eigenvalue weighted by Crippen LogP contribution is 2.29. The lowest BCUT2D eigenvalue weighted by atomic mass is 9.83. The van der Waals surface area contributed by atoms with Gasteiger partial charge in [0, 0.05) is 57.6 Å². The number of ether oxygens (including phenoxy) is 1. The van der Waals surface area contributed by atoms with E-state index in [-0.39, 0.29) is 17.5 Å². The van der Waals surface area contributed by atoms with E-state index in [1.165, 1.54) is 42.4 Å². The van der Waals surface area contributed by atoms with Crippen LogP contribution in [0.1, 0.15) is 326 Å². The molecule has 1 rings (SSSR count). The van der Waals surface area contributed by atoms with Crippen LogP contribution in [-0.2, 0) is 32.0 Å². The zero-order valence-corrected chi connectivity index (χ0v) is 67.0. The van der Waals surface area contributed by atoms with Gasteiger partial charge in [0.25, 0.3) is 0 Å². The molecule has 0 radical (unpaired) electrons. The van der Waals surface area contributed by atoms with E-state index in [4.69, 9.17) is 22.1 Å². The predicted molar refractivity (Wildman–Crippen MR) is 408 cm³/mol. The van der Waals surface area contributed by atoms with Crippen molar-refractivity contribution in [3.05, 3.63) is 71.0 Å². The van der Waals surface area contributed by atoms with Crippen LogP contribution in [0.3, 0.4) is 0 Å². The number of Topliss-reactive ketones (excluding diaryl/α,β-unsaturated/α-hetero) is 2. The number of carbonyl (C=O) groups is 3. The smallest absolute Gasteiger partial charge is 0.133 e. The average Bonchev–Trinajstić information content (AvgIpc) is 2.86. The van der Waals surface area contributed by atoms with Gasteiger partial charge in [-0.25, -0.2) is 0 Å². The number of methoxy groups -OCH3 is 1. The highest BCUT2D eigenvalue weighted by Gasteiger charge is 2.28.